The molecular formula is C10H18N2O2S2. The summed E-state index contributed by atoms with van der Waals surface area (Å²) in [6, 6.07) is -0.0765. The van der Waals surface area contributed by atoms with Crippen molar-refractivity contribution in [3.05, 3.63) is 15.6 Å². The van der Waals surface area contributed by atoms with Gasteiger partial charge in [0.05, 0.1) is 5.69 Å². The minimum absolute atomic E-state index is 0.0150. The Hall–Kier alpha value is -0.460. The van der Waals surface area contributed by atoms with E-state index in [1.165, 1.54) is 17.6 Å². The molecule has 0 aromatic carbocycles. The van der Waals surface area contributed by atoms with Crippen molar-refractivity contribution in [2.24, 2.45) is 5.73 Å². The minimum atomic E-state index is -3.01. The number of aromatic nitrogens is 1. The summed E-state index contributed by atoms with van der Waals surface area (Å²) in [6.07, 6.45) is 3.07. The molecule has 1 heterocycles. The highest BCUT2D eigenvalue weighted by Crippen LogP contribution is 2.26. The molecule has 1 rings (SSSR count). The monoisotopic (exact) mass is 262 g/mol. The van der Waals surface area contributed by atoms with Gasteiger partial charge in [-0.1, -0.05) is 13.3 Å². The molecule has 6 heteroatoms. The molecule has 0 saturated carbocycles. The zero-order valence-corrected chi connectivity index (χ0v) is 11.5. The quantitative estimate of drug-likeness (QED) is 0.876. The molecule has 0 aliphatic heterocycles. The van der Waals surface area contributed by atoms with Crippen LogP contribution in [-0.4, -0.2) is 19.7 Å². The van der Waals surface area contributed by atoms with Crippen molar-refractivity contribution in [2.75, 3.05) is 6.26 Å². The van der Waals surface area contributed by atoms with Gasteiger partial charge < -0.3 is 5.73 Å². The standard InChI is InChI=1S/C10H18N2O2S2/c1-4-5-8-10(7(2)11)15-9(12-8)6-16(3,13)14/h7H,4-6,11H2,1-3H3. The third-order valence-corrected chi connectivity index (χ3v) is 4.34. The number of nitrogens with zero attached hydrogens (tertiary/aromatic N) is 1. The van der Waals surface area contributed by atoms with Crippen molar-refractivity contribution in [1.29, 1.82) is 0 Å². The molecule has 1 atom stereocenters. The second-order valence-electron chi connectivity index (χ2n) is 4.03. The first kappa shape index (κ1) is 13.6. The van der Waals surface area contributed by atoms with Crippen LogP contribution >= 0.6 is 11.3 Å². The van der Waals surface area contributed by atoms with Crippen molar-refractivity contribution < 1.29 is 8.42 Å². The summed E-state index contributed by atoms with van der Waals surface area (Å²) in [6.45, 7) is 3.97. The molecule has 92 valence electrons. The average Bonchev–Trinajstić information content (AvgIpc) is 2.45. The van der Waals surface area contributed by atoms with Gasteiger partial charge in [0.25, 0.3) is 0 Å². The van der Waals surface area contributed by atoms with E-state index in [0.29, 0.717) is 5.01 Å². The zero-order valence-electron chi connectivity index (χ0n) is 9.86. The molecule has 1 aromatic rings. The molecule has 16 heavy (non-hydrogen) atoms. The fourth-order valence-electron chi connectivity index (χ4n) is 1.47. The first-order valence-electron chi connectivity index (χ1n) is 5.25. The Morgan fingerprint density at radius 2 is 2.12 bits per heavy atom. The summed E-state index contributed by atoms with van der Waals surface area (Å²) in [5.41, 5.74) is 6.80. The van der Waals surface area contributed by atoms with E-state index in [9.17, 15) is 8.42 Å². The zero-order chi connectivity index (χ0) is 12.3. The molecule has 2 N–H and O–H groups in total. The highest BCUT2D eigenvalue weighted by molar-refractivity contribution is 7.90. The SMILES string of the molecule is CCCc1nc(CS(C)(=O)=O)sc1C(C)N. The lowest BCUT2D eigenvalue weighted by molar-refractivity contribution is 0.601. The molecule has 0 bridgehead atoms. The highest BCUT2D eigenvalue weighted by atomic mass is 32.2. The Labute approximate surface area is 101 Å². The van der Waals surface area contributed by atoms with Crippen molar-refractivity contribution in [1.82, 2.24) is 4.98 Å². The number of nitrogens with two attached hydrogens (primary N) is 1. The van der Waals surface area contributed by atoms with Gasteiger partial charge in [-0.3, -0.25) is 0 Å². The fourth-order valence-corrected chi connectivity index (χ4v) is 3.72. The number of hydrogen-bond acceptors (Lipinski definition) is 5. The number of sulfone groups is 1. The van der Waals surface area contributed by atoms with Crippen LogP contribution in [-0.2, 0) is 22.0 Å². The van der Waals surface area contributed by atoms with Gasteiger partial charge >= 0.3 is 0 Å². The van der Waals surface area contributed by atoms with Crippen LogP contribution in [0.2, 0.25) is 0 Å². The molecule has 0 aliphatic carbocycles. The normalized spacial score (nSPS) is 14.0. The van der Waals surface area contributed by atoms with E-state index in [0.717, 1.165) is 23.4 Å². The van der Waals surface area contributed by atoms with E-state index in [-0.39, 0.29) is 11.8 Å². The summed E-state index contributed by atoms with van der Waals surface area (Å²) >= 11 is 1.42. The Balaban J connectivity index is 3.01. The smallest absolute Gasteiger partial charge is 0.153 e. The summed E-state index contributed by atoms with van der Waals surface area (Å²) in [7, 11) is -3.01. The molecule has 0 spiro atoms. The molecule has 1 aromatic heterocycles. The first-order chi connectivity index (χ1) is 7.33. The molecule has 1 unspecified atom stereocenters. The van der Waals surface area contributed by atoms with Gasteiger partial charge in [0.1, 0.15) is 10.8 Å². The number of rotatable bonds is 5. The molecule has 0 radical (unpaired) electrons. The van der Waals surface area contributed by atoms with Crippen LogP contribution in [0.4, 0.5) is 0 Å². The third-order valence-electron chi connectivity index (χ3n) is 2.06. The van der Waals surface area contributed by atoms with E-state index < -0.39 is 9.84 Å². The fraction of sp³-hybridized carbons (Fsp3) is 0.700. The van der Waals surface area contributed by atoms with Crippen LogP contribution in [0, 0.1) is 0 Å². The van der Waals surface area contributed by atoms with Crippen molar-refractivity contribution >= 4 is 21.2 Å². The number of hydrogen-bond donors (Lipinski definition) is 1. The van der Waals surface area contributed by atoms with Crippen LogP contribution in [0.15, 0.2) is 0 Å². The summed E-state index contributed by atoms with van der Waals surface area (Å²) in [5.74, 6) is 0.0150. The minimum Gasteiger partial charge on any atom is -0.323 e. The Kier molecular flexibility index (Phi) is 4.46. The second kappa shape index (κ2) is 5.25. The summed E-state index contributed by atoms with van der Waals surface area (Å²) in [5, 5.41) is 0.651. The molecule has 4 nitrogen and oxygen atoms in total. The molecule has 0 fully saturated rings. The maximum atomic E-state index is 11.2. The van der Waals surface area contributed by atoms with Gasteiger partial charge in [0, 0.05) is 17.2 Å². The van der Waals surface area contributed by atoms with Crippen LogP contribution in [0.1, 0.15) is 41.9 Å². The van der Waals surface area contributed by atoms with Crippen LogP contribution < -0.4 is 5.73 Å². The lowest BCUT2D eigenvalue weighted by Crippen LogP contribution is -2.05. The number of thiazole rings is 1. The van der Waals surface area contributed by atoms with Gasteiger partial charge in [-0.2, -0.15) is 0 Å². The van der Waals surface area contributed by atoms with Crippen molar-refractivity contribution in [3.8, 4) is 0 Å². The topological polar surface area (TPSA) is 73.0 Å². The average molecular weight is 262 g/mol. The highest BCUT2D eigenvalue weighted by Gasteiger charge is 2.16. The third kappa shape index (κ3) is 3.84. The van der Waals surface area contributed by atoms with Gasteiger partial charge in [-0.15, -0.1) is 11.3 Å². The van der Waals surface area contributed by atoms with Crippen LogP contribution in [0.5, 0.6) is 0 Å². The Morgan fingerprint density at radius 3 is 2.56 bits per heavy atom. The maximum Gasteiger partial charge on any atom is 0.153 e. The number of aryl methyl sites for hydroxylation is 1. The van der Waals surface area contributed by atoms with E-state index >= 15 is 0 Å². The Bertz CT molecular complexity index is 449. The maximum absolute atomic E-state index is 11.2. The Morgan fingerprint density at radius 1 is 1.50 bits per heavy atom. The van der Waals surface area contributed by atoms with E-state index in [2.05, 4.69) is 11.9 Å². The summed E-state index contributed by atoms with van der Waals surface area (Å²) in [4.78, 5) is 5.38. The molecule has 0 amide bonds. The van der Waals surface area contributed by atoms with Crippen LogP contribution in [0.25, 0.3) is 0 Å². The van der Waals surface area contributed by atoms with Gasteiger partial charge in [0.2, 0.25) is 0 Å². The van der Waals surface area contributed by atoms with Gasteiger partial charge in [0.15, 0.2) is 9.84 Å². The lowest BCUT2D eigenvalue weighted by Gasteiger charge is -2.03. The molecule has 0 saturated heterocycles. The van der Waals surface area contributed by atoms with Gasteiger partial charge in [-0.05, 0) is 13.3 Å². The van der Waals surface area contributed by atoms with Crippen molar-refractivity contribution in [2.45, 2.75) is 38.5 Å². The van der Waals surface area contributed by atoms with Crippen LogP contribution in [0.3, 0.4) is 0 Å². The second-order valence-corrected chi connectivity index (χ2v) is 7.28. The van der Waals surface area contributed by atoms with E-state index in [1.807, 2.05) is 6.92 Å². The van der Waals surface area contributed by atoms with E-state index in [1.54, 1.807) is 0 Å². The van der Waals surface area contributed by atoms with Crippen molar-refractivity contribution in [3.63, 3.8) is 0 Å². The molecule has 0 aliphatic rings. The molecular weight excluding hydrogens is 244 g/mol. The largest absolute Gasteiger partial charge is 0.323 e. The predicted octanol–water partition coefficient (Wildman–Crippen LogP) is 1.66. The predicted molar refractivity (Wildman–Crippen MR) is 67.3 cm³/mol. The lowest BCUT2D eigenvalue weighted by atomic mass is 10.2. The summed E-state index contributed by atoms with van der Waals surface area (Å²) < 4.78 is 22.4. The van der Waals surface area contributed by atoms with E-state index in [4.69, 9.17) is 5.73 Å². The first-order valence-corrected chi connectivity index (χ1v) is 8.13. The van der Waals surface area contributed by atoms with Gasteiger partial charge in [-0.25, -0.2) is 13.4 Å².